The highest BCUT2D eigenvalue weighted by molar-refractivity contribution is 7.89. The van der Waals surface area contributed by atoms with Gasteiger partial charge in [-0.2, -0.15) is 4.72 Å². The van der Waals surface area contributed by atoms with Gasteiger partial charge < -0.3 is 25.0 Å². The van der Waals surface area contributed by atoms with Gasteiger partial charge >= 0.3 is 0 Å². The Bertz CT molecular complexity index is 2240. The Morgan fingerprint density at radius 1 is 0.810 bits per heavy atom. The third-order valence-electron chi connectivity index (χ3n) is 11.4. The molecule has 0 aromatic heterocycles. The first-order chi connectivity index (χ1) is 28.1. The maximum absolute atomic E-state index is 13.7. The van der Waals surface area contributed by atoms with Crippen LogP contribution in [0.1, 0.15) is 65.5 Å². The quantitative estimate of drug-likeness (QED) is 0.0929. The standard InChI is InChI=1S/C47H53N3O7S/c1-32-16-22-42(23-17-32)58(54,55)49-43(26-34-9-4-3-5-10-34)46(53)48-28-36-11-6-12-38(25-36)39-13-7-14-40(27-39)47-56-44(29-50-24-8-15-41(50)31-52)33(2)45(57-47)37-20-18-35(30-51)19-21-37/h3-7,9-14,16-23,25,27,33,41,43-45,47,49,51-52H,8,15,24,26,28-31H2,1-2H3,(H,48,53). The van der Waals surface area contributed by atoms with Gasteiger partial charge in [-0.25, -0.2) is 8.42 Å². The summed E-state index contributed by atoms with van der Waals surface area (Å²) in [5.74, 6) is -0.404. The number of hydrogen-bond donors (Lipinski definition) is 4. The summed E-state index contributed by atoms with van der Waals surface area (Å²) in [7, 11) is -3.97. The van der Waals surface area contributed by atoms with Crippen LogP contribution in [0.15, 0.2) is 132 Å². The fourth-order valence-electron chi connectivity index (χ4n) is 7.95. The summed E-state index contributed by atoms with van der Waals surface area (Å²) in [6.07, 6.45) is 1.14. The average Bonchev–Trinajstić information content (AvgIpc) is 3.71. The lowest BCUT2D eigenvalue weighted by Gasteiger charge is -2.43. The van der Waals surface area contributed by atoms with E-state index in [4.69, 9.17) is 9.47 Å². The van der Waals surface area contributed by atoms with Crippen molar-refractivity contribution in [1.29, 1.82) is 0 Å². The fraction of sp³-hybridized carbons (Fsp3) is 0.340. The summed E-state index contributed by atoms with van der Waals surface area (Å²) in [6.45, 7) is 5.93. The van der Waals surface area contributed by atoms with E-state index < -0.39 is 28.3 Å². The number of aliphatic hydroxyl groups excluding tert-OH is 2. The van der Waals surface area contributed by atoms with E-state index in [1.807, 2.05) is 104 Å². The molecule has 0 radical (unpaired) electrons. The minimum absolute atomic E-state index is 0.0245. The molecule has 58 heavy (non-hydrogen) atoms. The molecule has 2 aliphatic heterocycles. The van der Waals surface area contributed by atoms with Gasteiger partial charge in [-0.15, -0.1) is 0 Å². The molecular weight excluding hydrogens is 751 g/mol. The molecule has 0 aliphatic carbocycles. The Labute approximate surface area is 341 Å². The lowest BCUT2D eigenvalue weighted by molar-refractivity contribution is -0.276. The molecule has 0 saturated carbocycles. The smallest absolute Gasteiger partial charge is 0.241 e. The van der Waals surface area contributed by atoms with Crippen molar-refractivity contribution in [2.75, 3.05) is 19.7 Å². The first-order valence-corrected chi connectivity index (χ1v) is 21.5. The van der Waals surface area contributed by atoms with Crippen molar-refractivity contribution in [3.8, 4) is 11.1 Å². The number of amides is 1. The second-order valence-electron chi connectivity index (χ2n) is 15.5. The van der Waals surface area contributed by atoms with Gasteiger partial charge in [0.25, 0.3) is 0 Å². The molecule has 2 saturated heterocycles. The molecule has 304 valence electrons. The normalized spacial score (nSPS) is 21.8. The predicted octanol–water partition coefficient (Wildman–Crippen LogP) is 6.61. The molecule has 6 atom stereocenters. The summed E-state index contributed by atoms with van der Waals surface area (Å²) < 4.78 is 42.9. The number of rotatable bonds is 15. The molecule has 5 aromatic rings. The van der Waals surface area contributed by atoms with Gasteiger partial charge in [0.2, 0.25) is 15.9 Å². The second kappa shape index (κ2) is 18.9. The minimum atomic E-state index is -3.97. The zero-order chi connectivity index (χ0) is 40.6. The fourth-order valence-corrected chi connectivity index (χ4v) is 9.15. The second-order valence-corrected chi connectivity index (χ2v) is 17.2. The molecular formula is C47H53N3O7S. The molecule has 2 fully saturated rings. The maximum atomic E-state index is 13.7. The van der Waals surface area contributed by atoms with Gasteiger partial charge in [-0.05, 0) is 90.4 Å². The third-order valence-corrected chi connectivity index (χ3v) is 12.8. The minimum Gasteiger partial charge on any atom is -0.395 e. The van der Waals surface area contributed by atoms with Gasteiger partial charge in [0.1, 0.15) is 6.04 Å². The molecule has 5 aromatic carbocycles. The number of nitrogens with zero attached hydrogens (tertiary/aromatic N) is 1. The van der Waals surface area contributed by atoms with Gasteiger partial charge in [-0.3, -0.25) is 9.69 Å². The number of carbonyl (C=O) groups is 1. The largest absolute Gasteiger partial charge is 0.395 e. The molecule has 2 aliphatic rings. The van der Waals surface area contributed by atoms with Crippen molar-refractivity contribution >= 4 is 15.9 Å². The van der Waals surface area contributed by atoms with Crippen LogP contribution in [0, 0.1) is 12.8 Å². The van der Waals surface area contributed by atoms with Crippen LogP contribution in [0.5, 0.6) is 0 Å². The summed E-state index contributed by atoms with van der Waals surface area (Å²) in [5, 5.41) is 22.7. The molecule has 4 N–H and O–H groups in total. The molecule has 0 bridgehead atoms. The van der Waals surface area contributed by atoms with Crippen molar-refractivity contribution in [2.24, 2.45) is 5.92 Å². The zero-order valence-electron chi connectivity index (χ0n) is 33.0. The van der Waals surface area contributed by atoms with Crippen LogP contribution >= 0.6 is 0 Å². The first-order valence-electron chi connectivity index (χ1n) is 20.1. The van der Waals surface area contributed by atoms with E-state index >= 15 is 0 Å². The zero-order valence-corrected chi connectivity index (χ0v) is 33.9. The van der Waals surface area contributed by atoms with E-state index in [2.05, 4.69) is 27.9 Å². The lowest BCUT2D eigenvalue weighted by Crippen LogP contribution is -2.47. The van der Waals surface area contributed by atoms with Crippen molar-refractivity contribution in [1.82, 2.24) is 14.9 Å². The Kier molecular flexibility index (Phi) is 13.5. The predicted molar refractivity (Wildman–Crippen MR) is 224 cm³/mol. The Hall–Kier alpha value is -4.72. The molecule has 1 amide bonds. The molecule has 0 spiro atoms. The first kappa shape index (κ1) is 41.4. The highest BCUT2D eigenvalue weighted by Crippen LogP contribution is 2.43. The van der Waals surface area contributed by atoms with Crippen molar-refractivity contribution < 1.29 is 32.9 Å². The summed E-state index contributed by atoms with van der Waals surface area (Å²) in [5.41, 5.74) is 7.23. The number of ether oxygens (including phenoxy) is 2. The van der Waals surface area contributed by atoms with Gasteiger partial charge in [0.05, 0.1) is 30.3 Å². The highest BCUT2D eigenvalue weighted by atomic mass is 32.2. The number of sulfonamides is 1. The number of benzene rings is 5. The maximum Gasteiger partial charge on any atom is 0.241 e. The Morgan fingerprint density at radius 3 is 2.24 bits per heavy atom. The number of aliphatic hydroxyl groups is 2. The van der Waals surface area contributed by atoms with Crippen LogP contribution in [0.25, 0.3) is 11.1 Å². The van der Waals surface area contributed by atoms with E-state index in [-0.39, 0.29) is 55.2 Å². The lowest BCUT2D eigenvalue weighted by atomic mass is 9.89. The van der Waals surface area contributed by atoms with Crippen LogP contribution in [-0.2, 0) is 43.9 Å². The molecule has 2 heterocycles. The van der Waals surface area contributed by atoms with E-state index in [1.54, 1.807) is 24.3 Å². The average molecular weight is 804 g/mol. The monoisotopic (exact) mass is 803 g/mol. The molecule has 6 unspecified atom stereocenters. The summed E-state index contributed by atoms with van der Waals surface area (Å²) in [4.78, 5) is 16.2. The van der Waals surface area contributed by atoms with Crippen LogP contribution < -0.4 is 10.0 Å². The van der Waals surface area contributed by atoms with Gasteiger partial charge in [-0.1, -0.05) is 116 Å². The van der Waals surface area contributed by atoms with Crippen molar-refractivity contribution in [2.45, 2.75) is 81.7 Å². The van der Waals surface area contributed by atoms with E-state index in [0.717, 1.165) is 63.9 Å². The van der Waals surface area contributed by atoms with E-state index in [1.165, 1.54) is 0 Å². The number of hydrogen-bond acceptors (Lipinski definition) is 8. The van der Waals surface area contributed by atoms with Gasteiger partial charge in [0.15, 0.2) is 6.29 Å². The number of nitrogens with one attached hydrogen (secondary N) is 2. The van der Waals surface area contributed by atoms with Crippen molar-refractivity contribution in [3.63, 3.8) is 0 Å². The highest BCUT2D eigenvalue weighted by Gasteiger charge is 2.40. The summed E-state index contributed by atoms with van der Waals surface area (Å²) in [6, 6.07) is 38.9. The van der Waals surface area contributed by atoms with Crippen molar-refractivity contribution in [3.05, 3.63) is 161 Å². The Morgan fingerprint density at radius 2 is 1.52 bits per heavy atom. The number of aryl methyl sites for hydroxylation is 1. The topological polar surface area (TPSA) is 137 Å². The number of carbonyl (C=O) groups excluding carboxylic acids is 1. The molecule has 10 nitrogen and oxygen atoms in total. The van der Waals surface area contributed by atoms with Crippen LogP contribution in [0.3, 0.4) is 0 Å². The van der Waals surface area contributed by atoms with E-state index in [0.29, 0.717) is 6.54 Å². The summed E-state index contributed by atoms with van der Waals surface area (Å²) >= 11 is 0. The number of likely N-dealkylation sites (tertiary alicyclic amines) is 1. The SMILES string of the molecule is Cc1ccc(S(=O)(=O)NC(Cc2ccccc2)C(=O)NCc2cccc(-c3cccc(C4OC(CN5CCCC5CO)C(C)C(c5ccc(CO)cc5)O4)c3)c2)cc1. The molecule has 11 heteroatoms. The third kappa shape index (κ3) is 10.1. The van der Waals surface area contributed by atoms with Gasteiger partial charge in [0, 0.05) is 30.6 Å². The van der Waals surface area contributed by atoms with Crippen LogP contribution in [0.2, 0.25) is 0 Å². The van der Waals surface area contributed by atoms with Crippen LogP contribution in [0.4, 0.5) is 0 Å². The van der Waals surface area contributed by atoms with Crippen LogP contribution in [-0.4, -0.2) is 67.3 Å². The van der Waals surface area contributed by atoms with E-state index in [9.17, 15) is 23.4 Å². The molecule has 7 rings (SSSR count). The Balaban J connectivity index is 1.08.